The number of anilines is 2. The van der Waals surface area contributed by atoms with E-state index in [1.165, 1.54) is 29.2 Å². The van der Waals surface area contributed by atoms with Crippen molar-refractivity contribution in [1.29, 1.82) is 0 Å². The van der Waals surface area contributed by atoms with Crippen molar-refractivity contribution in [3.63, 3.8) is 0 Å². The van der Waals surface area contributed by atoms with Gasteiger partial charge in [0.05, 0.1) is 5.69 Å². The Morgan fingerprint density at radius 2 is 1.46 bits per heavy atom. The van der Waals surface area contributed by atoms with Gasteiger partial charge in [0.1, 0.15) is 10.9 Å². The summed E-state index contributed by atoms with van der Waals surface area (Å²) in [5, 5.41) is 13.4. The quantitative estimate of drug-likeness (QED) is 0.0896. The van der Waals surface area contributed by atoms with Crippen LogP contribution in [0.3, 0.4) is 0 Å². The van der Waals surface area contributed by atoms with Crippen molar-refractivity contribution in [3.8, 4) is 11.3 Å². The van der Waals surface area contributed by atoms with Gasteiger partial charge in [-0.1, -0.05) is 120 Å². The van der Waals surface area contributed by atoms with Crippen molar-refractivity contribution in [2.75, 3.05) is 10.6 Å². The minimum absolute atomic E-state index is 0.0285. The molecule has 0 fully saturated rings. The standard InChI is InChI=1S/C43H30Cl2N4O3S2/c44-33-21-20-31(36(45)24-33)23-37(47-40(50)29-13-5-2-6-14-29)41(51)46-34-16-9-17-35(25-34)54-39(28-11-3-1-4-12-28)42(52)49-43-48-38(26-53-43)32-19-18-27-10-7-8-15-30(27)22-32/h1-26,39H,(H,46,51)(H,47,50)(H,48,49,52)/b37-23+. The predicted molar refractivity (Wildman–Crippen MR) is 222 cm³/mol. The average molecular weight is 786 g/mol. The van der Waals surface area contributed by atoms with Gasteiger partial charge in [0.2, 0.25) is 5.91 Å². The molecule has 0 saturated heterocycles. The van der Waals surface area contributed by atoms with Crippen LogP contribution in [-0.2, 0) is 9.59 Å². The predicted octanol–water partition coefficient (Wildman–Crippen LogP) is 11.2. The lowest BCUT2D eigenvalue weighted by Gasteiger charge is -2.17. The Balaban J connectivity index is 1.10. The van der Waals surface area contributed by atoms with Gasteiger partial charge in [0, 0.05) is 37.1 Å². The van der Waals surface area contributed by atoms with Gasteiger partial charge < -0.3 is 16.0 Å². The Morgan fingerprint density at radius 1 is 0.722 bits per heavy atom. The number of aromatic nitrogens is 1. The number of fused-ring (bicyclic) bond motifs is 1. The van der Waals surface area contributed by atoms with Gasteiger partial charge in [0.25, 0.3) is 11.8 Å². The summed E-state index contributed by atoms with van der Waals surface area (Å²) in [6.07, 6.45) is 1.49. The smallest absolute Gasteiger partial charge is 0.272 e. The monoisotopic (exact) mass is 784 g/mol. The molecule has 1 heterocycles. The molecule has 0 spiro atoms. The van der Waals surface area contributed by atoms with E-state index >= 15 is 0 Å². The second-order valence-electron chi connectivity index (χ2n) is 12.0. The molecule has 6 aromatic carbocycles. The molecule has 7 nitrogen and oxygen atoms in total. The number of carbonyl (C=O) groups is 3. The molecule has 1 unspecified atom stereocenters. The molecule has 54 heavy (non-hydrogen) atoms. The van der Waals surface area contributed by atoms with E-state index in [-0.39, 0.29) is 11.6 Å². The average Bonchev–Trinajstić information content (AvgIpc) is 3.66. The summed E-state index contributed by atoms with van der Waals surface area (Å²) in [4.78, 5) is 46.3. The van der Waals surface area contributed by atoms with Crippen LogP contribution in [0, 0.1) is 0 Å². The Morgan fingerprint density at radius 3 is 2.24 bits per heavy atom. The van der Waals surface area contributed by atoms with Gasteiger partial charge in [-0.15, -0.1) is 23.1 Å². The molecule has 0 bridgehead atoms. The van der Waals surface area contributed by atoms with Crippen LogP contribution < -0.4 is 16.0 Å². The number of thiazole rings is 1. The van der Waals surface area contributed by atoms with Crippen LogP contribution in [0.5, 0.6) is 0 Å². The van der Waals surface area contributed by atoms with Gasteiger partial charge in [-0.25, -0.2) is 4.98 Å². The Hall–Kier alpha value is -5.71. The molecule has 0 radical (unpaired) electrons. The number of nitrogens with one attached hydrogen (secondary N) is 3. The maximum atomic E-state index is 13.9. The van der Waals surface area contributed by atoms with Crippen molar-refractivity contribution in [3.05, 3.63) is 183 Å². The van der Waals surface area contributed by atoms with Crippen LogP contribution in [0.4, 0.5) is 10.8 Å². The lowest BCUT2D eigenvalue weighted by molar-refractivity contribution is -0.116. The van der Waals surface area contributed by atoms with Crippen molar-refractivity contribution in [2.45, 2.75) is 10.1 Å². The Labute approximate surface area is 330 Å². The van der Waals surface area contributed by atoms with Gasteiger partial charge in [-0.3, -0.25) is 14.4 Å². The minimum Gasteiger partial charge on any atom is -0.321 e. The minimum atomic E-state index is -0.641. The summed E-state index contributed by atoms with van der Waals surface area (Å²) in [6.45, 7) is 0. The Kier molecular flexibility index (Phi) is 11.5. The molecule has 0 aliphatic rings. The fraction of sp³-hybridized carbons (Fsp3) is 0.0233. The molecule has 0 aliphatic heterocycles. The zero-order chi connectivity index (χ0) is 37.4. The van der Waals surface area contributed by atoms with Crippen molar-refractivity contribution in [1.82, 2.24) is 10.3 Å². The van der Waals surface area contributed by atoms with Gasteiger partial charge >= 0.3 is 0 Å². The van der Waals surface area contributed by atoms with E-state index in [1.54, 1.807) is 66.7 Å². The van der Waals surface area contributed by atoms with Crippen LogP contribution in [0.15, 0.2) is 162 Å². The molecular formula is C43H30Cl2N4O3S2. The van der Waals surface area contributed by atoms with Crippen LogP contribution in [0.1, 0.15) is 26.7 Å². The maximum absolute atomic E-state index is 13.9. The van der Waals surface area contributed by atoms with E-state index in [0.717, 1.165) is 32.5 Å². The van der Waals surface area contributed by atoms with E-state index in [2.05, 4.69) is 40.2 Å². The van der Waals surface area contributed by atoms with E-state index < -0.39 is 17.1 Å². The fourth-order valence-electron chi connectivity index (χ4n) is 5.58. The number of rotatable bonds is 11. The first-order valence-electron chi connectivity index (χ1n) is 16.7. The summed E-state index contributed by atoms with van der Waals surface area (Å²) >= 11 is 15.2. The number of carbonyl (C=O) groups excluding carboxylic acids is 3. The molecule has 7 aromatic rings. The van der Waals surface area contributed by atoms with E-state index in [9.17, 15) is 14.4 Å². The molecule has 3 amide bonds. The second kappa shape index (κ2) is 17.0. The first kappa shape index (κ1) is 36.6. The largest absolute Gasteiger partial charge is 0.321 e. The van der Waals surface area contributed by atoms with Crippen molar-refractivity contribution < 1.29 is 14.4 Å². The van der Waals surface area contributed by atoms with Crippen LogP contribution in [0.2, 0.25) is 10.0 Å². The van der Waals surface area contributed by atoms with Crippen LogP contribution >= 0.6 is 46.3 Å². The molecular weight excluding hydrogens is 756 g/mol. The lowest BCUT2D eigenvalue weighted by atomic mass is 10.1. The van der Waals surface area contributed by atoms with Gasteiger partial charge in [-0.2, -0.15) is 0 Å². The first-order chi connectivity index (χ1) is 26.3. The Bertz CT molecular complexity index is 2510. The molecule has 7 rings (SSSR count). The molecule has 0 saturated carbocycles. The molecule has 1 aromatic heterocycles. The molecule has 11 heteroatoms. The third kappa shape index (κ3) is 9.07. The number of halogens is 2. The normalized spacial score (nSPS) is 11.9. The molecule has 3 N–H and O–H groups in total. The zero-order valence-electron chi connectivity index (χ0n) is 28.3. The summed E-state index contributed by atoms with van der Waals surface area (Å²) in [7, 11) is 0. The van der Waals surface area contributed by atoms with Crippen LogP contribution in [0.25, 0.3) is 28.1 Å². The second-order valence-corrected chi connectivity index (χ2v) is 14.9. The number of hydrogen-bond acceptors (Lipinski definition) is 6. The summed E-state index contributed by atoms with van der Waals surface area (Å²) in [6, 6.07) is 44.4. The summed E-state index contributed by atoms with van der Waals surface area (Å²) in [5.41, 5.74) is 3.84. The molecule has 1 atom stereocenters. The SMILES string of the molecule is O=C(Nc1cccc(SC(C(=O)Nc2nc(-c3ccc4ccccc4c3)cs2)c2ccccc2)c1)/C(=C\c1ccc(Cl)cc1Cl)NC(=O)c1ccccc1. The van der Waals surface area contributed by atoms with Crippen molar-refractivity contribution in [2.24, 2.45) is 0 Å². The topological polar surface area (TPSA) is 100 Å². The third-order valence-electron chi connectivity index (χ3n) is 8.26. The highest BCUT2D eigenvalue weighted by Crippen LogP contribution is 2.38. The fourth-order valence-corrected chi connectivity index (χ4v) is 7.85. The van der Waals surface area contributed by atoms with E-state index in [4.69, 9.17) is 28.2 Å². The number of thioether (sulfide) groups is 1. The first-order valence-corrected chi connectivity index (χ1v) is 19.2. The van der Waals surface area contributed by atoms with E-state index in [1.807, 2.05) is 60.0 Å². The number of nitrogens with zero attached hydrogens (tertiary/aromatic N) is 1. The third-order valence-corrected chi connectivity index (χ3v) is 10.8. The number of hydrogen-bond donors (Lipinski definition) is 3. The van der Waals surface area contributed by atoms with Crippen molar-refractivity contribution >= 4 is 91.7 Å². The number of amides is 3. The van der Waals surface area contributed by atoms with E-state index in [0.29, 0.717) is 32.0 Å². The van der Waals surface area contributed by atoms with Crippen LogP contribution in [-0.4, -0.2) is 22.7 Å². The highest BCUT2D eigenvalue weighted by atomic mass is 35.5. The maximum Gasteiger partial charge on any atom is 0.272 e. The number of benzene rings is 6. The highest BCUT2D eigenvalue weighted by molar-refractivity contribution is 8.00. The molecule has 266 valence electrons. The lowest BCUT2D eigenvalue weighted by Crippen LogP contribution is -2.30. The van der Waals surface area contributed by atoms with Gasteiger partial charge in [-0.05, 0) is 76.5 Å². The highest BCUT2D eigenvalue weighted by Gasteiger charge is 2.24. The zero-order valence-corrected chi connectivity index (χ0v) is 31.5. The summed E-state index contributed by atoms with van der Waals surface area (Å²) in [5.74, 6) is -1.28. The van der Waals surface area contributed by atoms with Gasteiger partial charge in [0.15, 0.2) is 5.13 Å². The molecule has 0 aliphatic carbocycles. The summed E-state index contributed by atoms with van der Waals surface area (Å²) < 4.78 is 0.